The number of unbranched alkanes of at least 4 members (excludes halogenated alkanes) is 5. The molecule has 0 aromatic carbocycles. The van der Waals surface area contributed by atoms with Crippen molar-refractivity contribution < 1.29 is 24.5 Å². The van der Waals surface area contributed by atoms with Crippen LogP contribution < -0.4 is 0 Å². The first-order chi connectivity index (χ1) is 12.5. The molecule has 1 fully saturated rings. The fourth-order valence-corrected chi connectivity index (χ4v) is 3.64. The summed E-state index contributed by atoms with van der Waals surface area (Å²) in [5.74, 6) is -0.382. The fraction of sp³-hybridized carbons (Fsp3) is 0.810. The normalized spacial score (nSPS) is 24.3. The maximum atomic E-state index is 12.2. The molecule has 0 bridgehead atoms. The summed E-state index contributed by atoms with van der Waals surface area (Å²) in [5.41, 5.74) is 0. The van der Waals surface area contributed by atoms with Gasteiger partial charge in [-0.1, -0.05) is 57.6 Å². The third kappa shape index (κ3) is 8.45. The molecule has 1 rings (SSSR count). The minimum Gasteiger partial charge on any atom is -0.469 e. The molecule has 1 aliphatic rings. The molecule has 0 heterocycles. The van der Waals surface area contributed by atoms with Crippen molar-refractivity contribution in [3.8, 4) is 0 Å². The highest BCUT2D eigenvalue weighted by molar-refractivity contribution is 5.84. The topological polar surface area (TPSA) is 83.8 Å². The Bertz CT molecular complexity index is 446. The lowest BCUT2D eigenvalue weighted by Gasteiger charge is -2.18. The van der Waals surface area contributed by atoms with Crippen LogP contribution in [0.25, 0.3) is 0 Å². The van der Waals surface area contributed by atoms with Crippen LogP contribution in [0.5, 0.6) is 0 Å². The number of ether oxygens (including phenoxy) is 1. The zero-order valence-corrected chi connectivity index (χ0v) is 16.4. The van der Waals surface area contributed by atoms with E-state index < -0.39 is 12.2 Å². The highest BCUT2D eigenvalue weighted by Gasteiger charge is 2.39. The maximum Gasteiger partial charge on any atom is 0.305 e. The molecule has 0 aromatic heterocycles. The van der Waals surface area contributed by atoms with Gasteiger partial charge in [0, 0.05) is 24.7 Å². The summed E-state index contributed by atoms with van der Waals surface area (Å²) in [6.45, 7) is 2.13. The Morgan fingerprint density at radius 1 is 1.23 bits per heavy atom. The zero-order valence-electron chi connectivity index (χ0n) is 16.4. The van der Waals surface area contributed by atoms with Crippen LogP contribution in [0.3, 0.4) is 0 Å². The number of hydrogen-bond donors (Lipinski definition) is 2. The Balaban J connectivity index is 2.37. The van der Waals surface area contributed by atoms with E-state index in [0.29, 0.717) is 6.42 Å². The van der Waals surface area contributed by atoms with Gasteiger partial charge in [-0.2, -0.15) is 0 Å². The van der Waals surface area contributed by atoms with Crippen LogP contribution in [0, 0.1) is 11.8 Å². The van der Waals surface area contributed by atoms with Gasteiger partial charge in [0.05, 0.1) is 19.3 Å². The molecule has 5 nitrogen and oxygen atoms in total. The van der Waals surface area contributed by atoms with Crippen LogP contribution in [-0.4, -0.2) is 41.3 Å². The summed E-state index contributed by atoms with van der Waals surface area (Å²) in [6, 6.07) is 0. The van der Waals surface area contributed by atoms with Crippen molar-refractivity contribution in [3.63, 3.8) is 0 Å². The van der Waals surface area contributed by atoms with E-state index in [1.54, 1.807) is 6.08 Å². The van der Waals surface area contributed by atoms with Crippen molar-refractivity contribution in [2.24, 2.45) is 11.8 Å². The summed E-state index contributed by atoms with van der Waals surface area (Å²) in [5, 5.41) is 20.2. The van der Waals surface area contributed by atoms with Gasteiger partial charge in [0.1, 0.15) is 5.78 Å². The summed E-state index contributed by atoms with van der Waals surface area (Å²) >= 11 is 0. The van der Waals surface area contributed by atoms with Gasteiger partial charge in [-0.15, -0.1) is 0 Å². The number of methoxy groups -OCH3 is 1. The number of aliphatic hydroxyl groups excluding tert-OH is 2. The molecular formula is C21H36O5. The molecule has 4 atom stereocenters. The summed E-state index contributed by atoms with van der Waals surface area (Å²) in [6.07, 6.45) is 11.5. The van der Waals surface area contributed by atoms with E-state index in [1.165, 1.54) is 7.11 Å². The minimum absolute atomic E-state index is 0.127. The first kappa shape index (κ1) is 22.8. The Morgan fingerprint density at radius 2 is 1.96 bits per heavy atom. The van der Waals surface area contributed by atoms with E-state index in [0.717, 1.165) is 57.8 Å². The fourth-order valence-electron chi connectivity index (χ4n) is 3.64. The van der Waals surface area contributed by atoms with Crippen molar-refractivity contribution in [1.29, 1.82) is 0 Å². The number of rotatable bonds is 13. The quantitative estimate of drug-likeness (QED) is 0.295. The van der Waals surface area contributed by atoms with Gasteiger partial charge in [-0.25, -0.2) is 0 Å². The van der Waals surface area contributed by atoms with E-state index in [9.17, 15) is 19.8 Å². The third-order valence-electron chi connectivity index (χ3n) is 5.27. The van der Waals surface area contributed by atoms with Gasteiger partial charge in [0.15, 0.2) is 0 Å². The molecule has 150 valence electrons. The second kappa shape index (κ2) is 13.0. The standard InChI is InChI=1S/C21H36O5/c1-3-4-7-10-16(22)13-14-18-17(19(23)15-20(18)24)11-8-5-6-9-12-21(25)26-2/h13-14,16-18,20,22,24H,3-12,15H2,1-2H3/b14-13+/t16-,17?,18+,20+/m0/s1. The number of hydrogen-bond acceptors (Lipinski definition) is 5. The predicted octanol–water partition coefficient (Wildman–Crippen LogP) is 3.56. The number of esters is 1. The van der Waals surface area contributed by atoms with Gasteiger partial charge in [-0.05, 0) is 19.3 Å². The van der Waals surface area contributed by atoms with E-state index in [-0.39, 0.29) is 30.0 Å². The number of carbonyl (C=O) groups is 2. The van der Waals surface area contributed by atoms with E-state index in [2.05, 4.69) is 11.7 Å². The van der Waals surface area contributed by atoms with E-state index >= 15 is 0 Å². The van der Waals surface area contributed by atoms with Crippen LogP contribution in [0.4, 0.5) is 0 Å². The molecule has 1 saturated carbocycles. The molecule has 0 saturated heterocycles. The molecule has 2 N–H and O–H groups in total. The summed E-state index contributed by atoms with van der Waals surface area (Å²) < 4.78 is 4.62. The van der Waals surface area contributed by atoms with E-state index in [1.807, 2.05) is 6.08 Å². The average molecular weight is 369 g/mol. The number of carbonyl (C=O) groups excluding carboxylic acids is 2. The number of Topliss-reactive ketones (excluding diaryl/α,β-unsaturated/α-hetero) is 1. The van der Waals surface area contributed by atoms with Crippen molar-refractivity contribution >= 4 is 11.8 Å². The SMILES string of the molecule is CCCCC[C@H](O)/C=C/[C@@H]1C(CCCCCCC(=O)OC)C(=O)C[C@H]1O. The zero-order chi connectivity index (χ0) is 19.4. The van der Waals surface area contributed by atoms with Crippen LogP contribution in [0.1, 0.15) is 77.6 Å². The highest BCUT2D eigenvalue weighted by atomic mass is 16.5. The average Bonchev–Trinajstić information content (AvgIpc) is 2.89. The van der Waals surface area contributed by atoms with Crippen molar-refractivity contribution in [1.82, 2.24) is 0 Å². The first-order valence-corrected chi connectivity index (χ1v) is 10.1. The molecule has 0 spiro atoms. The molecule has 0 aromatic rings. The molecule has 0 aliphatic heterocycles. The Hall–Kier alpha value is -1.20. The van der Waals surface area contributed by atoms with Crippen molar-refractivity contribution in [2.45, 2.75) is 89.8 Å². The van der Waals surface area contributed by atoms with Gasteiger partial charge in [0.2, 0.25) is 0 Å². The lowest BCUT2D eigenvalue weighted by atomic mass is 9.88. The smallest absolute Gasteiger partial charge is 0.305 e. The summed E-state index contributed by atoms with van der Waals surface area (Å²) in [7, 11) is 1.40. The van der Waals surface area contributed by atoms with Crippen LogP contribution >= 0.6 is 0 Å². The van der Waals surface area contributed by atoms with Gasteiger partial charge in [0.25, 0.3) is 0 Å². The monoisotopic (exact) mass is 368 g/mol. The second-order valence-corrected chi connectivity index (χ2v) is 7.40. The van der Waals surface area contributed by atoms with Gasteiger partial charge in [-0.3, -0.25) is 9.59 Å². The van der Waals surface area contributed by atoms with Gasteiger partial charge < -0.3 is 14.9 Å². The van der Waals surface area contributed by atoms with Crippen molar-refractivity contribution in [2.75, 3.05) is 7.11 Å². The summed E-state index contributed by atoms with van der Waals surface area (Å²) in [4.78, 5) is 23.2. The van der Waals surface area contributed by atoms with Crippen LogP contribution in [0.15, 0.2) is 12.2 Å². The van der Waals surface area contributed by atoms with Crippen LogP contribution in [0.2, 0.25) is 0 Å². The van der Waals surface area contributed by atoms with E-state index in [4.69, 9.17) is 0 Å². The van der Waals surface area contributed by atoms with Crippen molar-refractivity contribution in [3.05, 3.63) is 12.2 Å². The molecule has 1 aliphatic carbocycles. The maximum absolute atomic E-state index is 12.2. The highest BCUT2D eigenvalue weighted by Crippen LogP contribution is 2.34. The number of ketones is 1. The lowest BCUT2D eigenvalue weighted by Crippen LogP contribution is -2.19. The molecule has 0 amide bonds. The minimum atomic E-state index is -0.633. The largest absolute Gasteiger partial charge is 0.469 e. The second-order valence-electron chi connectivity index (χ2n) is 7.40. The lowest BCUT2D eigenvalue weighted by molar-refractivity contribution is -0.140. The third-order valence-corrected chi connectivity index (χ3v) is 5.27. The predicted molar refractivity (Wildman–Crippen MR) is 102 cm³/mol. The molecule has 5 heteroatoms. The molecule has 0 radical (unpaired) electrons. The molecular weight excluding hydrogens is 332 g/mol. The van der Waals surface area contributed by atoms with Gasteiger partial charge >= 0.3 is 5.97 Å². The molecule has 26 heavy (non-hydrogen) atoms. The number of aliphatic hydroxyl groups is 2. The Kier molecular flexibility index (Phi) is 11.5. The Morgan fingerprint density at radius 3 is 2.65 bits per heavy atom. The molecule has 1 unspecified atom stereocenters. The first-order valence-electron chi connectivity index (χ1n) is 10.1. The van der Waals surface area contributed by atoms with Crippen LogP contribution in [-0.2, 0) is 14.3 Å². The Labute approximate surface area is 157 Å².